The third kappa shape index (κ3) is 2.92. The van der Waals surface area contributed by atoms with Crippen molar-refractivity contribution in [1.82, 2.24) is 0 Å². The van der Waals surface area contributed by atoms with Gasteiger partial charge in [0.2, 0.25) is 5.82 Å². The molecule has 0 aliphatic rings. The van der Waals surface area contributed by atoms with Gasteiger partial charge in [0.25, 0.3) is 0 Å². The molecule has 2 rings (SSSR count). The van der Waals surface area contributed by atoms with Crippen LogP contribution in [0, 0.1) is 15.9 Å². The second-order valence-corrected chi connectivity index (χ2v) is 4.11. The van der Waals surface area contributed by atoms with Crippen LogP contribution in [0.25, 0.3) is 0 Å². The van der Waals surface area contributed by atoms with Gasteiger partial charge in [0.1, 0.15) is 5.69 Å². The molecule has 0 heterocycles. The number of nitrogens with zero attached hydrogens (tertiary/aromatic N) is 1. The molecule has 0 radical (unpaired) electrons. The van der Waals surface area contributed by atoms with Crippen LogP contribution >= 0.6 is 0 Å². The predicted molar refractivity (Wildman–Crippen MR) is 73.5 cm³/mol. The first kappa shape index (κ1) is 14.0. The summed E-state index contributed by atoms with van der Waals surface area (Å²) in [6.07, 6.45) is 0. The molecule has 2 aromatic rings. The Balaban J connectivity index is 2.40. The quantitative estimate of drug-likeness (QED) is 0.669. The molecule has 0 aromatic heterocycles. The molecule has 104 valence electrons. The summed E-state index contributed by atoms with van der Waals surface area (Å²) < 4.78 is 18.6. The minimum atomic E-state index is -0.871. The molecule has 0 unspecified atom stereocenters. The maximum atomic E-state index is 13.5. The molecular formula is C14H13FN2O3. The van der Waals surface area contributed by atoms with E-state index in [1.807, 2.05) is 12.1 Å². The molecule has 0 fully saturated rings. The molecule has 0 saturated carbocycles. The number of ether oxygens (including phenoxy) is 1. The Bertz CT molecular complexity index is 632. The van der Waals surface area contributed by atoms with E-state index in [1.165, 1.54) is 12.1 Å². The standard InChI is InChI=1S/C14H13FN2O3/c1-20-9-10-5-2-3-7-12(10)16-13-8-4-6-11(15)14(13)17(18)19/h2-8,16H,9H2,1H3. The van der Waals surface area contributed by atoms with Gasteiger partial charge in [0.15, 0.2) is 0 Å². The summed E-state index contributed by atoms with van der Waals surface area (Å²) in [5.74, 6) is -0.871. The number of hydrogen-bond donors (Lipinski definition) is 1. The summed E-state index contributed by atoms with van der Waals surface area (Å²) in [5, 5.41) is 13.8. The third-order valence-corrected chi connectivity index (χ3v) is 2.76. The van der Waals surface area contributed by atoms with Crippen molar-refractivity contribution in [2.24, 2.45) is 0 Å². The van der Waals surface area contributed by atoms with Crippen molar-refractivity contribution in [1.29, 1.82) is 0 Å². The Morgan fingerprint density at radius 2 is 1.90 bits per heavy atom. The molecule has 0 spiro atoms. The zero-order valence-corrected chi connectivity index (χ0v) is 10.8. The van der Waals surface area contributed by atoms with Gasteiger partial charge < -0.3 is 10.1 Å². The fourth-order valence-electron chi connectivity index (χ4n) is 1.87. The molecule has 0 atom stereocenters. The highest BCUT2D eigenvalue weighted by Crippen LogP contribution is 2.31. The average molecular weight is 276 g/mol. The number of para-hydroxylation sites is 2. The van der Waals surface area contributed by atoms with Gasteiger partial charge in [0, 0.05) is 18.4 Å². The van der Waals surface area contributed by atoms with Gasteiger partial charge in [-0.1, -0.05) is 24.3 Å². The Kier molecular flexibility index (Phi) is 4.27. The number of anilines is 2. The highest BCUT2D eigenvalue weighted by Gasteiger charge is 2.20. The number of nitrogens with one attached hydrogen (secondary N) is 1. The van der Waals surface area contributed by atoms with Crippen molar-refractivity contribution in [2.75, 3.05) is 12.4 Å². The molecule has 0 saturated heterocycles. The largest absolute Gasteiger partial charge is 0.380 e. The van der Waals surface area contributed by atoms with Crippen LogP contribution in [-0.4, -0.2) is 12.0 Å². The van der Waals surface area contributed by atoms with E-state index in [-0.39, 0.29) is 5.69 Å². The van der Waals surface area contributed by atoms with Crippen LogP contribution in [0.1, 0.15) is 5.56 Å². The van der Waals surface area contributed by atoms with Gasteiger partial charge in [-0.05, 0) is 18.2 Å². The van der Waals surface area contributed by atoms with Crippen molar-refractivity contribution < 1.29 is 14.1 Å². The predicted octanol–water partition coefficient (Wildman–Crippen LogP) is 3.62. The summed E-state index contributed by atoms with van der Waals surface area (Å²) in [4.78, 5) is 10.2. The van der Waals surface area contributed by atoms with E-state index in [9.17, 15) is 14.5 Å². The fourth-order valence-corrected chi connectivity index (χ4v) is 1.87. The van der Waals surface area contributed by atoms with Gasteiger partial charge in [0.05, 0.1) is 11.5 Å². The summed E-state index contributed by atoms with van der Waals surface area (Å²) in [5.41, 5.74) is 1.01. The first-order chi connectivity index (χ1) is 9.63. The first-order valence-corrected chi connectivity index (χ1v) is 5.90. The number of rotatable bonds is 5. The molecule has 2 aromatic carbocycles. The molecule has 5 nitrogen and oxygen atoms in total. The van der Waals surface area contributed by atoms with Gasteiger partial charge in [-0.25, -0.2) is 0 Å². The van der Waals surface area contributed by atoms with E-state index in [1.54, 1.807) is 19.2 Å². The molecule has 1 N–H and O–H groups in total. The van der Waals surface area contributed by atoms with E-state index >= 15 is 0 Å². The number of hydrogen-bond acceptors (Lipinski definition) is 4. The van der Waals surface area contributed by atoms with Crippen molar-refractivity contribution in [2.45, 2.75) is 6.61 Å². The van der Waals surface area contributed by atoms with Crippen LogP contribution in [0.15, 0.2) is 42.5 Å². The Morgan fingerprint density at radius 3 is 2.60 bits per heavy atom. The number of methoxy groups -OCH3 is 1. The van der Waals surface area contributed by atoms with Crippen molar-refractivity contribution in [3.63, 3.8) is 0 Å². The Labute approximate surface area is 115 Å². The summed E-state index contributed by atoms with van der Waals surface area (Å²) in [6.45, 7) is 0.353. The third-order valence-electron chi connectivity index (χ3n) is 2.76. The molecule has 0 aliphatic heterocycles. The minimum Gasteiger partial charge on any atom is -0.380 e. The Hall–Kier alpha value is -2.47. The number of nitro benzene ring substituents is 1. The lowest BCUT2D eigenvalue weighted by Gasteiger charge is -2.11. The average Bonchev–Trinajstić information content (AvgIpc) is 2.41. The number of halogens is 1. The van der Waals surface area contributed by atoms with Crippen LogP contribution < -0.4 is 5.32 Å². The zero-order valence-electron chi connectivity index (χ0n) is 10.8. The van der Waals surface area contributed by atoms with E-state index < -0.39 is 16.4 Å². The van der Waals surface area contributed by atoms with E-state index in [4.69, 9.17) is 4.74 Å². The molecular weight excluding hydrogens is 263 g/mol. The molecule has 0 aliphatic carbocycles. The maximum Gasteiger partial charge on any atom is 0.327 e. The molecule has 20 heavy (non-hydrogen) atoms. The first-order valence-electron chi connectivity index (χ1n) is 5.90. The topological polar surface area (TPSA) is 64.4 Å². The lowest BCUT2D eigenvalue weighted by Crippen LogP contribution is -2.02. The van der Waals surface area contributed by atoms with Crippen LogP contribution in [0.5, 0.6) is 0 Å². The lowest BCUT2D eigenvalue weighted by molar-refractivity contribution is -0.386. The maximum absolute atomic E-state index is 13.5. The summed E-state index contributed by atoms with van der Waals surface area (Å²) >= 11 is 0. The van der Waals surface area contributed by atoms with Crippen LogP contribution in [0.2, 0.25) is 0 Å². The minimum absolute atomic E-state index is 0.110. The lowest BCUT2D eigenvalue weighted by atomic mass is 10.1. The van der Waals surface area contributed by atoms with Crippen LogP contribution in [0.3, 0.4) is 0 Å². The normalized spacial score (nSPS) is 10.3. The van der Waals surface area contributed by atoms with Gasteiger partial charge in [-0.2, -0.15) is 4.39 Å². The van der Waals surface area contributed by atoms with Gasteiger partial charge in [-0.15, -0.1) is 0 Å². The Morgan fingerprint density at radius 1 is 1.20 bits per heavy atom. The number of nitro groups is 1. The van der Waals surface area contributed by atoms with E-state index in [2.05, 4.69) is 5.32 Å². The molecule has 0 amide bonds. The van der Waals surface area contributed by atoms with E-state index in [0.717, 1.165) is 11.6 Å². The SMILES string of the molecule is COCc1ccccc1Nc1cccc(F)c1[N+](=O)[O-]. The van der Waals surface area contributed by atoms with Crippen molar-refractivity contribution >= 4 is 17.1 Å². The highest BCUT2D eigenvalue weighted by atomic mass is 19.1. The smallest absolute Gasteiger partial charge is 0.327 e. The van der Waals surface area contributed by atoms with Gasteiger partial charge in [-0.3, -0.25) is 10.1 Å². The fraction of sp³-hybridized carbons (Fsp3) is 0.143. The molecule has 0 bridgehead atoms. The number of benzene rings is 2. The van der Waals surface area contributed by atoms with Gasteiger partial charge >= 0.3 is 5.69 Å². The second kappa shape index (κ2) is 6.12. The zero-order chi connectivity index (χ0) is 14.5. The summed E-state index contributed by atoms with van der Waals surface area (Å²) in [7, 11) is 1.56. The van der Waals surface area contributed by atoms with Crippen molar-refractivity contribution in [3.8, 4) is 0 Å². The molecule has 6 heteroatoms. The second-order valence-electron chi connectivity index (χ2n) is 4.11. The monoisotopic (exact) mass is 276 g/mol. The van der Waals surface area contributed by atoms with Crippen molar-refractivity contribution in [3.05, 3.63) is 64.0 Å². The van der Waals surface area contributed by atoms with Crippen LogP contribution in [-0.2, 0) is 11.3 Å². The van der Waals surface area contributed by atoms with E-state index in [0.29, 0.717) is 12.3 Å². The highest BCUT2D eigenvalue weighted by molar-refractivity contribution is 5.71. The summed E-state index contributed by atoms with van der Waals surface area (Å²) in [6, 6.07) is 11.1. The van der Waals surface area contributed by atoms with Crippen LogP contribution in [0.4, 0.5) is 21.5 Å².